The van der Waals surface area contributed by atoms with Crippen molar-refractivity contribution in [2.24, 2.45) is 0 Å². The van der Waals surface area contributed by atoms with Crippen molar-refractivity contribution >= 4 is 23.2 Å². The van der Waals surface area contributed by atoms with Crippen LogP contribution < -0.4 is 0 Å². The van der Waals surface area contributed by atoms with Gasteiger partial charge in [-0.15, -0.1) is 23.2 Å². The van der Waals surface area contributed by atoms with Crippen molar-refractivity contribution in [2.75, 3.05) is 0 Å². The van der Waals surface area contributed by atoms with Crippen molar-refractivity contribution in [3.05, 3.63) is 35.9 Å². The van der Waals surface area contributed by atoms with Crippen molar-refractivity contribution in [3.63, 3.8) is 0 Å². The van der Waals surface area contributed by atoms with E-state index in [2.05, 4.69) is 0 Å². The van der Waals surface area contributed by atoms with Crippen LogP contribution in [0.15, 0.2) is 30.3 Å². The van der Waals surface area contributed by atoms with Gasteiger partial charge >= 0.3 is 0 Å². The molecule has 0 fully saturated rings. The Morgan fingerprint density at radius 2 is 1.50 bits per heavy atom. The van der Waals surface area contributed by atoms with E-state index in [9.17, 15) is 0 Å². The first-order valence-electron chi connectivity index (χ1n) is 2.64. The van der Waals surface area contributed by atoms with Crippen LogP contribution in [0, 0.1) is 0 Å². The Morgan fingerprint density at radius 3 is 1.80 bits per heavy atom. The summed E-state index contributed by atoms with van der Waals surface area (Å²) >= 11 is 11.1. The van der Waals surface area contributed by atoms with Crippen molar-refractivity contribution in [2.45, 2.75) is 4.84 Å². The zero-order valence-corrected chi connectivity index (χ0v) is 8.32. The van der Waals surface area contributed by atoms with Crippen LogP contribution in [0.5, 0.6) is 0 Å². The van der Waals surface area contributed by atoms with Crippen molar-refractivity contribution < 1.29 is 19.5 Å². The fraction of sp³-hybridized carbons (Fsp3) is 0.143. The summed E-state index contributed by atoms with van der Waals surface area (Å²) in [5, 5.41) is 0. The molecule has 0 amide bonds. The van der Waals surface area contributed by atoms with Crippen LogP contribution in [0.4, 0.5) is 0 Å². The third kappa shape index (κ3) is 3.01. The first kappa shape index (κ1) is 10.4. The summed E-state index contributed by atoms with van der Waals surface area (Å²) in [7, 11) is 0. The molecule has 0 N–H and O–H groups in total. The summed E-state index contributed by atoms with van der Waals surface area (Å²) in [5.74, 6) is 0. The van der Waals surface area contributed by atoms with Crippen LogP contribution in [0.3, 0.4) is 0 Å². The van der Waals surface area contributed by atoms with E-state index in [4.69, 9.17) is 23.2 Å². The molecule has 3 heteroatoms. The molecule has 1 rings (SSSR count). The molecule has 0 aliphatic rings. The molecule has 56 valence electrons. The van der Waals surface area contributed by atoms with Gasteiger partial charge in [-0.1, -0.05) is 30.3 Å². The molecule has 0 aliphatic carbocycles. The monoisotopic (exact) mass is 262 g/mol. The molecule has 10 heavy (non-hydrogen) atoms. The number of halogens is 2. The molecular formula is C7H6Cl2Ru. The maximum absolute atomic E-state index is 5.57. The van der Waals surface area contributed by atoms with E-state index >= 15 is 0 Å². The van der Waals surface area contributed by atoms with Gasteiger partial charge in [0.2, 0.25) is 0 Å². The number of rotatable bonds is 1. The van der Waals surface area contributed by atoms with Gasteiger partial charge in [0.25, 0.3) is 0 Å². The van der Waals surface area contributed by atoms with Crippen molar-refractivity contribution in [1.82, 2.24) is 0 Å². The SMILES string of the molecule is ClC(Cl)c1ccccc1.[Ru]. The Balaban J connectivity index is 0.000000810. The summed E-state index contributed by atoms with van der Waals surface area (Å²) in [6, 6.07) is 9.54. The second-order valence-electron chi connectivity index (χ2n) is 1.71. The maximum Gasteiger partial charge on any atom is 0.132 e. The molecule has 1 aromatic rings. The minimum Gasteiger partial charge on any atom is -0.100 e. The van der Waals surface area contributed by atoms with Crippen LogP contribution in [-0.4, -0.2) is 0 Å². The van der Waals surface area contributed by atoms with Crippen LogP contribution in [-0.2, 0) is 19.5 Å². The van der Waals surface area contributed by atoms with Crippen LogP contribution in [0.25, 0.3) is 0 Å². The average molecular weight is 262 g/mol. The first-order valence-corrected chi connectivity index (χ1v) is 3.51. The fourth-order valence-corrected chi connectivity index (χ4v) is 0.889. The van der Waals surface area contributed by atoms with Gasteiger partial charge in [0.1, 0.15) is 4.84 Å². The zero-order chi connectivity index (χ0) is 6.69. The molecule has 0 aromatic heterocycles. The molecule has 0 spiro atoms. The molecule has 0 unspecified atom stereocenters. The van der Waals surface area contributed by atoms with Gasteiger partial charge in [-0.2, -0.15) is 0 Å². The molecule has 0 saturated heterocycles. The summed E-state index contributed by atoms with van der Waals surface area (Å²) in [4.78, 5) is -0.397. The van der Waals surface area contributed by atoms with E-state index in [1.165, 1.54) is 0 Å². The molecular weight excluding hydrogens is 256 g/mol. The number of benzene rings is 1. The average Bonchev–Trinajstić information content (AvgIpc) is 1.90. The summed E-state index contributed by atoms with van der Waals surface area (Å²) in [6.07, 6.45) is 0. The van der Waals surface area contributed by atoms with E-state index in [1.807, 2.05) is 30.3 Å². The van der Waals surface area contributed by atoms with Crippen molar-refractivity contribution in [3.8, 4) is 0 Å². The Labute approximate surface area is 83.3 Å². The Kier molecular flexibility index (Phi) is 5.34. The van der Waals surface area contributed by atoms with Gasteiger partial charge in [-0.3, -0.25) is 0 Å². The Morgan fingerprint density at radius 1 is 1.00 bits per heavy atom. The van der Waals surface area contributed by atoms with Gasteiger partial charge in [0, 0.05) is 19.5 Å². The van der Waals surface area contributed by atoms with Gasteiger partial charge in [-0.05, 0) is 5.56 Å². The number of hydrogen-bond donors (Lipinski definition) is 0. The minimum atomic E-state index is -0.397. The Bertz CT molecular complexity index is 174. The van der Waals surface area contributed by atoms with Crippen molar-refractivity contribution in [1.29, 1.82) is 0 Å². The minimum absolute atomic E-state index is 0. The first-order chi connectivity index (χ1) is 4.30. The molecule has 0 radical (unpaired) electrons. The molecule has 0 nitrogen and oxygen atoms in total. The topological polar surface area (TPSA) is 0 Å². The largest absolute Gasteiger partial charge is 0.132 e. The second-order valence-corrected chi connectivity index (χ2v) is 2.81. The molecule has 0 heterocycles. The van der Waals surface area contributed by atoms with Gasteiger partial charge in [0.15, 0.2) is 0 Å². The van der Waals surface area contributed by atoms with Gasteiger partial charge < -0.3 is 0 Å². The number of hydrogen-bond acceptors (Lipinski definition) is 0. The Hall–Kier alpha value is 0.423. The van der Waals surface area contributed by atoms with E-state index < -0.39 is 4.84 Å². The van der Waals surface area contributed by atoms with E-state index in [-0.39, 0.29) is 19.5 Å². The molecule has 0 bridgehead atoms. The normalized spacial score (nSPS) is 9.10. The summed E-state index contributed by atoms with van der Waals surface area (Å²) < 4.78 is 0. The van der Waals surface area contributed by atoms with Crippen LogP contribution >= 0.6 is 23.2 Å². The summed E-state index contributed by atoms with van der Waals surface area (Å²) in [5.41, 5.74) is 0.945. The smallest absolute Gasteiger partial charge is 0.100 e. The van der Waals surface area contributed by atoms with Crippen LogP contribution in [0.2, 0.25) is 0 Å². The van der Waals surface area contributed by atoms with E-state index in [1.54, 1.807) is 0 Å². The zero-order valence-electron chi connectivity index (χ0n) is 5.07. The fourth-order valence-electron chi connectivity index (χ4n) is 0.599. The molecule has 0 atom stereocenters. The van der Waals surface area contributed by atoms with E-state index in [0.717, 1.165) is 5.56 Å². The van der Waals surface area contributed by atoms with Crippen LogP contribution in [0.1, 0.15) is 10.4 Å². The molecule has 0 aliphatic heterocycles. The number of alkyl halides is 2. The predicted molar refractivity (Wildman–Crippen MR) is 40.9 cm³/mol. The maximum atomic E-state index is 5.57. The molecule has 1 aromatic carbocycles. The second kappa shape index (κ2) is 5.12. The quantitative estimate of drug-likeness (QED) is 0.538. The molecule has 0 saturated carbocycles. The van der Waals surface area contributed by atoms with E-state index in [0.29, 0.717) is 0 Å². The summed E-state index contributed by atoms with van der Waals surface area (Å²) in [6.45, 7) is 0. The van der Waals surface area contributed by atoms with Gasteiger partial charge in [0.05, 0.1) is 0 Å². The standard InChI is InChI=1S/C7H6Cl2.Ru/c8-7(9)6-4-2-1-3-5-6;/h1-5,7H;. The third-order valence-electron chi connectivity index (χ3n) is 1.05. The predicted octanol–water partition coefficient (Wildman–Crippen LogP) is 3.16. The third-order valence-corrected chi connectivity index (χ3v) is 1.56. The van der Waals surface area contributed by atoms with Gasteiger partial charge in [-0.25, -0.2) is 0 Å².